The Kier molecular flexibility index (Phi) is 4.48. The summed E-state index contributed by atoms with van der Waals surface area (Å²) in [5.41, 5.74) is 0.984. The van der Waals surface area contributed by atoms with E-state index in [-0.39, 0.29) is 6.61 Å². The van der Waals surface area contributed by atoms with Gasteiger partial charge in [0.15, 0.2) is 12.6 Å². The van der Waals surface area contributed by atoms with Crippen LogP contribution in [0.15, 0.2) is 29.4 Å². The van der Waals surface area contributed by atoms with E-state index in [1.54, 1.807) is 24.3 Å². The van der Waals surface area contributed by atoms with Crippen LogP contribution in [0.2, 0.25) is 0 Å². The van der Waals surface area contributed by atoms with Crippen LogP contribution in [0.3, 0.4) is 0 Å². The van der Waals surface area contributed by atoms with E-state index >= 15 is 0 Å². The number of hydrogen-bond donors (Lipinski definition) is 2. The molecule has 8 heteroatoms. The highest BCUT2D eigenvalue weighted by molar-refractivity contribution is 5.38. The van der Waals surface area contributed by atoms with Crippen molar-refractivity contribution < 1.29 is 29.2 Å². The van der Waals surface area contributed by atoms with E-state index in [4.69, 9.17) is 18.9 Å². The predicted octanol–water partition coefficient (Wildman–Crippen LogP) is 0.592. The molecule has 0 spiro atoms. The minimum absolute atomic E-state index is 0.187. The summed E-state index contributed by atoms with van der Waals surface area (Å²) in [5.74, 6) is 0. The number of nitroso groups, excluding NO2 is 1. The van der Waals surface area contributed by atoms with Gasteiger partial charge in [0, 0.05) is 12.7 Å². The van der Waals surface area contributed by atoms with Gasteiger partial charge < -0.3 is 29.2 Å². The molecule has 0 radical (unpaired) electrons. The van der Waals surface area contributed by atoms with E-state index in [1.807, 2.05) is 0 Å². The number of benzene rings is 1. The SMILES string of the molecule is CO[C@H]1O[C@@H]2COC(c3ccc(N=O)cc3)O[C@@H]2[C@H](O)[C@H]1O. The van der Waals surface area contributed by atoms with Gasteiger partial charge in [-0.05, 0) is 17.3 Å². The lowest BCUT2D eigenvalue weighted by Gasteiger charge is -2.45. The van der Waals surface area contributed by atoms with E-state index in [0.717, 1.165) is 0 Å². The van der Waals surface area contributed by atoms with Gasteiger partial charge in [-0.25, -0.2) is 0 Å². The maximum Gasteiger partial charge on any atom is 0.186 e. The fraction of sp³-hybridized carbons (Fsp3) is 0.571. The molecule has 0 aliphatic carbocycles. The van der Waals surface area contributed by atoms with Crippen LogP contribution in [0.4, 0.5) is 5.69 Å². The average Bonchev–Trinajstić information content (AvgIpc) is 2.58. The Hall–Kier alpha value is -1.42. The van der Waals surface area contributed by atoms with Crippen molar-refractivity contribution >= 4 is 5.69 Å². The molecule has 22 heavy (non-hydrogen) atoms. The van der Waals surface area contributed by atoms with Crippen molar-refractivity contribution in [2.45, 2.75) is 37.0 Å². The fourth-order valence-corrected chi connectivity index (χ4v) is 2.63. The maximum atomic E-state index is 10.4. The van der Waals surface area contributed by atoms with Crippen LogP contribution in [0.25, 0.3) is 0 Å². The highest BCUT2D eigenvalue weighted by Gasteiger charge is 2.48. The smallest absolute Gasteiger partial charge is 0.186 e. The van der Waals surface area contributed by atoms with Gasteiger partial charge in [-0.15, -0.1) is 4.91 Å². The molecule has 2 fully saturated rings. The van der Waals surface area contributed by atoms with Crippen LogP contribution in [-0.2, 0) is 18.9 Å². The molecule has 2 saturated heterocycles. The summed E-state index contributed by atoms with van der Waals surface area (Å²) < 4.78 is 21.8. The molecule has 2 aliphatic heterocycles. The molecule has 2 heterocycles. The van der Waals surface area contributed by atoms with Gasteiger partial charge in [0.2, 0.25) is 0 Å². The molecule has 0 aromatic heterocycles. The van der Waals surface area contributed by atoms with Crippen LogP contribution in [0.1, 0.15) is 11.9 Å². The highest BCUT2D eigenvalue weighted by atomic mass is 16.7. The van der Waals surface area contributed by atoms with Crippen molar-refractivity contribution in [1.82, 2.24) is 0 Å². The van der Waals surface area contributed by atoms with Gasteiger partial charge >= 0.3 is 0 Å². The zero-order valence-corrected chi connectivity index (χ0v) is 11.9. The van der Waals surface area contributed by atoms with Gasteiger partial charge in [-0.2, -0.15) is 0 Å². The molecule has 8 nitrogen and oxygen atoms in total. The zero-order valence-electron chi connectivity index (χ0n) is 11.9. The number of aliphatic hydroxyl groups excluding tert-OH is 2. The van der Waals surface area contributed by atoms with Crippen LogP contribution >= 0.6 is 0 Å². The van der Waals surface area contributed by atoms with Crippen molar-refractivity contribution in [3.05, 3.63) is 34.7 Å². The molecule has 1 unspecified atom stereocenters. The number of rotatable bonds is 3. The first-order chi connectivity index (χ1) is 10.6. The lowest BCUT2D eigenvalue weighted by Crippen LogP contribution is -2.62. The number of aliphatic hydroxyl groups is 2. The largest absolute Gasteiger partial charge is 0.387 e. The molecule has 2 aliphatic rings. The molecule has 0 saturated carbocycles. The summed E-state index contributed by atoms with van der Waals surface area (Å²) in [6.07, 6.45) is -5.25. The summed E-state index contributed by atoms with van der Waals surface area (Å²) in [6.45, 7) is 0.187. The van der Waals surface area contributed by atoms with Crippen molar-refractivity contribution in [3.63, 3.8) is 0 Å². The summed E-state index contributed by atoms with van der Waals surface area (Å²) in [5, 5.41) is 22.9. The van der Waals surface area contributed by atoms with Crippen LogP contribution in [0.5, 0.6) is 0 Å². The van der Waals surface area contributed by atoms with Gasteiger partial charge in [0.1, 0.15) is 30.1 Å². The van der Waals surface area contributed by atoms with Crippen molar-refractivity contribution in [2.75, 3.05) is 13.7 Å². The van der Waals surface area contributed by atoms with Gasteiger partial charge in [0.25, 0.3) is 0 Å². The quantitative estimate of drug-likeness (QED) is 0.787. The summed E-state index contributed by atoms with van der Waals surface area (Å²) >= 11 is 0. The number of methoxy groups -OCH3 is 1. The topological polar surface area (TPSA) is 107 Å². The third-order valence-electron chi connectivity index (χ3n) is 3.84. The van der Waals surface area contributed by atoms with Crippen LogP contribution < -0.4 is 0 Å². The van der Waals surface area contributed by atoms with E-state index < -0.39 is 37.0 Å². The van der Waals surface area contributed by atoms with Gasteiger partial charge in [-0.1, -0.05) is 12.1 Å². The second kappa shape index (κ2) is 6.37. The third-order valence-corrected chi connectivity index (χ3v) is 3.84. The minimum atomic E-state index is -1.20. The van der Waals surface area contributed by atoms with E-state index in [0.29, 0.717) is 11.3 Å². The summed E-state index contributed by atoms with van der Waals surface area (Å²) in [6, 6.07) is 6.41. The maximum absolute atomic E-state index is 10.4. The van der Waals surface area contributed by atoms with Crippen molar-refractivity contribution in [3.8, 4) is 0 Å². The number of nitrogens with zero attached hydrogens (tertiary/aromatic N) is 1. The Morgan fingerprint density at radius 2 is 1.91 bits per heavy atom. The van der Waals surface area contributed by atoms with Crippen LogP contribution in [0, 0.1) is 4.91 Å². The normalized spacial score (nSPS) is 38.3. The van der Waals surface area contributed by atoms with Crippen molar-refractivity contribution in [1.29, 1.82) is 0 Å². The lowest BCUT2D eigenvalue weighted by molar-refractivity contribution is -0.358. The van der Waals surface area contributed by atoms with Crippen molar-refractivity contribution in [2.24, 2.45) is 5.18 Å². The first kappa shape index (κ1) is 15.5. The van der Waals surface area contributed by atoms with E-state index in [9.17, 15) is 15.1 Å². The first-order valence-electron chi connectivity index (χ1n) is 6.89. The number of fused-ring (bicyclic) bond motifs is 1. The zero-order chi connectivity index (χ0) is 15.7. The van der Waals surface area contributed by atoms with Gasteiger partial charge in [-0.3, -0.25) is 0 Å². The second-order valence-electron chi connectivity index (χ2n) is 5.21. The second-order valence-corrected chi connectivity index (χ2v) is 5.21. The molecule has 120 valence electrons. The third kappa shape index (κ3) is 2.76. The average molecular weight is 311 g/mol. The Labute approximate surface area is 126 Å². The van der Waals surface area contributed by atoms with E-state index in [2.05, 4.69) is 5.18 Å². The molecule has 1 aromatic carbocycles. The molecule has 3 rings (SSSR count). The lowest BCUT2D eigenvalue weighted by atomic mass is 9.98. The van der Waals surface area contributed by atoms with Gasteiger partial charge in [0.05, 0.1) is 6.61 Å². The minimum Gasteiger partial charge on any atom is -0.387 e. The molecular formula is C14H17NO7. The Morgan fingerprint density at radius 1 is 1.18 bits per heavy atom. The van der Waals surface area contributed by atoms with E-state index in [1.165, 1.54) is 7.11 Å². The monoisotopic (exact) mass is 311 g/mol. The first-order valence-corrected chi connectivity index (χ1v) is 6.89. The Morgan fingerprint density at radius 3 is 2.55 bits per heavy atom. The predicted molar refractivity (Wildman–Crippen MR) is 73.1 cm³/mol. The summed E-state index contributed by atoms with van der Waals surface area (Å²) in [7, 11) is 1.39. The fourth-order valence-electron chi connectivity index (χ4n) is 2.63. The Balaban J connectivity index is 1.73. The molecular weight excluding hydrogens is 294 g/mol. The summed E-state index contributed by atoms with van der Waals surface area (Å²) in [4.78, 5) is 10.4. The number of ether oxygens (including phenoxy) is 4. The van der Waals surface area contributed by atoms with Crippen LogP contribution in [-0.4, -0.2) is 54.6 Å². The highest BCUT2D eigenvalue weighted by Crippen LogP contribution is 2.34. The number of hydrogen-bond acceptors (Lipinski definition) is 8. The standard InChI is InChI=1S/C14H17NO7/c1-19-14-11(17)10(16)12-9(21-14)6-20-13(22-12)7-2-4-8(15-18)5-3-7/h2-5,9-14,16-17H,6H2,1H3/t9-,10-,11-,12+,13?,14+/m1/s1. The molecule has 0 amide bonds. The molecule has 0 bridgehead atoms. The molecule has 2 N–H and O–H groups in total. The Bertz CT molecular complexity index is 520. The molecule has 1 aromatic rings. The molecule has 6 atom stereocenters.